The maximum absolute atomic E-state index is 14.4. The fraction of sp³-hybridized carbons (Fsp3) is 0.344. The number of carbonyl (C=O) groups excluding carboxylic acids is 3. The first-order chi connectivity index (χ1) is 22.0. The predicted octanol–water partition coefficient (Wildman–Crippen LogP) is 3.96. The summed E-state index contributed by atoms with van der Waals surface area (Å²) >= 11 is 1.44. The second kappa shape index (κ2) is 11.0. The van der Waals surface area contributed by atoms with Crippen LogP contribution in [-0.2, 0) is 22.7 Å². The number of fused-ring (bicyclic) bond motifs is 6. The van der Waals surface area contributed by atoms with Crippen LogP contribution >= 0.6 is 11.3 Å². The lowest BCUT2D eigenvalue weighted by atomic mass is 9.85. The minimum atomic E-state index is -1.17. The monoisotopic (exact) mass is 649 g/mol. The largest absolute Gasteiger partial charge is 0.503 e. The second-order valence-electron chi connectivity index (χ2n) is 12.1. The first-order valence-electron chi connectivity index (χ1n) is 14.8. The number of rotatable bonds is 5. The van der Waals surface area contributed by atoms with Crippen LogP contribution in [0.5, 0.6) is 5.75 Å². The quantitative estimate of drug-likeness (QED) is 0.334. The number of benzene rings is 2. The van der Waals surface area contributed by atoms with Crippen molar-refractivity contribution in [3.05, 3.63) is 91.8 Å². The van der Waals surface area contributed by atoms with E-state index >= 15 is 0 Å². The van der Waals surface area contributed by atoms with Crippen LogP contribution < -0.4 is 10.7 Å². The van der Waals surface area contributed by atoms with Gasteiger partial charge >= 0.3 is 0 Å². The summed E-state index contributed by atoms with van der Waals surface area (Å²) in [5, 5.41) is 15.4. The van der Waals surface area contributed by atoms with Crippen LogP contribution in [0.25, 0.3) is 10.2 Å². The van der Waals surface area contributed by atoms with E-state index in [2.05, 4.69) is 10.3 Å². The van der Waals surface area contributed by atoms with E-state index in [1.807, 2.05) is 31.2 Å². The minimum absolute atomic E-state index is 0.0445. The van der Waals surface area contributed by atoms with Gasteiger partial charge in [-0.15, -0.1) is 11.3 Å². The minimum Gasteiger partial charge on any atom is -0.503 e. The van der Waals surface area contributed by atoms with Gasteiger partial charge in [0, 0.05) is 30.9 Å². The van der Waals surface area contributed by atoms with Crippen molar-refractivity contribution in [1.29, 1.82) is 0 Å². The molecule has 0 saturated carbocycles. The molecule has 0 radical (unpaired) electrons. The number of aromatic nitrogens is 2. The number of hydroxylamine groups is 2. The smallest absolute Gasteiger partial charge is 0.274 e. The number of aromatic hydroxyl groups is 1. The summed E-state index contributed by atoms with van der Waals surface area (Å²) in [6.07, 6.45) is 1.96. The molecule has 3 amide bonds. The molecule has 2 aromatic carbocycles. The van der Waals surface area contributed by atoms with Gasteiger partial charge in [0.05, 0.1) is 22.7 Å². The topological polar surface area (TPSA) is 134 Å². The summed E-state index contributed by atoms with van der Waals surface area (Å²) in [7, 11) is 0. The van der Waals surface area contributed by atoms with Gasteiger partial charge in [0.1, 0.15) is 34.4 Å². The molecule has 0 aliphatic carbocycles. The fourth-order valence-corrected chi connectivity index (χ4v) is 7.61. The van der Waals surface area contributed by atoms with Gasteiger partial charge in [-0.2, -0.15) is 0 Å². The maximum Gasteiger partial charge on any atom is 0.274 e. The molecule has 11 nitrogen and oxygen atoms in total. The Balaban J connectivity index is 1.24. The highest BCUT2D eigenvalue weighted by molar-refractivity contribution is 7.18. The zero-order chi connectivity index (χ0) is 32.5. The van der Waals surface area contributed by atoms with Crippen LogP contribution in [0.1, 0.15) is 69.2 Å². The number of amides is 3. The Hall–Kier alpha value is -4.69. The molecule has 3 aliphatic heterocycles. The highest BCUT2D eigenvalue weighted by atomic mass is 32.1. The third-order valence-corrected chi connectivity index (χ3v) is 10.1. The Labute approximate surface area is 265 Å². The van der Waals surface area contributed by atoms with Crippen LogP contribution in [0.3, 0.4) is 0 Å². The number of para-hydroxylation sites is 1. The average molecular weight is 650 g/mol. The van der Waals surface area contributed by atoms with Gasteiger partial charge in [-0.25, -0.2) is 18.8 Å². The van der Waals surface area contributed by atoms with E-state index in [0.29, 0.717) is 23.4 Å². The maximum atomic E-state index is 14.4. The van der Waals surface area contributed by atoms with Crippen LogP contribution in [0.2, 0.25) is 0 Å². The van der Waals surface area contributed by atoms with Gasteiger partial charge < -0.3 is 19.9 Å². The third-order valence-electron chi connectivity index (χ3n) is 9.10. The highest BCUT2D eigenvalue weighted by Crippen LogP contribution is 2.47. The summed E-state index contributed by atoms with van der Waals surface area (Å²) in [5.74, 6) is -4.53. The molecule has 14 heteroatoms. The Morgan fingerprint density at radius 3 is 2.67 bits per heavy atom. The molecule has 3 atom stereocenters. The highest BCUT2D eigenvalue weighted by Gasteiger charge is 2.56. The Kier molecular flexibility index (Phi) is 7.16. The normalized spacial score (nSPS) is 22.4. The summed E-state index contributed by atoms with van der Waals surface area (Å²) in [6, 6.07) is 8.80. The van der Waals surface area contributed by atoms with E-state index in [1.54, 1.807) is 4.90 Å². The second-order valence-corrected chi connectivity index (χ2v) is 13.2. The number of halogens is 2. The zero-order valence-corrected chi connectivity index (χ0v) is 25.7. The lowest BCUT2D eigenvalue weighted by Crippen LogP contribution is -2.52. The molecule has 3 aliphatic rings. The van der Waals surface area contributed by atoms with Crippen molar-refractivity contribution in [3.8, 4) is 5.75 Å². The molecule has 2 N–H and O–H groups in total. The number of nitrogens with zero attached hydrogens (tertiary/aromatic N) is 4. The molecule has 5 heterocycles. The van der Waals surface area contributed by atoms with Gasteiger partial charge in [0.2, 0.25) is 11.3 Å². The standard InChI is InChI=1S/C32H29F2N5O6S/c1-16-9-20(33)18(21(34)10-16)12-35-30(43)19-13-38-24-14-37(31(44)27(38)29(42)28(19)41)17(2)7-8-32(24)11-26(40)39(45-32)15-25-36-22-5-3-4-6-23(22)46-25/h3-6,9-10,13,17,24,42H,7-8,11-12,14-15H2,1-2H3,(H,35,43)/t17-,24+,32-/m0/s1. The van der Waals surface area contributed by atoms with E-state index in [1.165, 1.54) is 27.9 Å². The Bertz CT molecular complexity index is 1960. The van der Waals surface area contributed by atoms with Gasteiger partial charge in [-0.3, -0.25) is 24.0 Å². The van der Waals surface area contributed by atoms with Crippen molar-refractivity contribution >= 4 is 39.3 Å². The van der Waals surface area contributed by atoms with Crippen molar-refractivity contribution in [1.82, 2.24) is 24.8 Å². The molecule has 2 bridgehead atoms. The number of nitrogens with one attached hydrogen (secondary N) is 1. The van der Waals surface area contributed by atoms with Crippen LogP contribution in [0.4, 0.5) is 8.78 Å². The number of aryl methyl sites for hydroxylation is 1. The van der Waals surface area contributed by atoms with E-state index in [4.69, 9.17) is 4.84 Å². The number of hydrogen-bond donors (Lipinski definition) is 2. The summed E-state index contributed by atoms with van der Waals surface area (Å²) in [6.45, 7) is 3.01. The lowest BCUT2D eigenvalue weighted by molar-refractivity contribution is -0.218. The van der Waals surface area contributed by atoms with Crippen molar-refractivity contribution < 1.29 is 33.1 Å². The van der Waals surface area contributed by atoms with Gasteiger partial charge in [-0.1, -0.05) is 12.1 Å². The van der Waals surface area contributed by atoms with Gasteiger partial charge in [0.15, 0.2) is 11.4 Å². The number of pyridine rings is 1. The summed E-state index contributed by atoms with van der Waals surface area (Å²) in [4.78, 5) is 66.2. The average Bonchev–Trinajstić information content (AvgIpc) is 3.53. The van der Waals surface area contributed by atoms with E-state index in [9.17, 15) is 33.1 Å². The first-order valence-corrected chi connectivity index (χ1v) is 15.6. The fourth-order valence-electron chi connectivity index (χ4n) is 6.66. The first kappa shape index (κ1) is 30.0. The number of hydrogen-bond acceptors (Lipinski definition) is 8. The molecule has 7 rings (SSSR count). The number of thiazole rings is 1. The van der Waals surface area contributed by atoms with Crippen molar-refractivity contribution in [2.75, 3.05) is 6.54 Å². The van der Waals surface area contributed by atoms with Crippen molar-refractivity contribution in [2.45, 2.75) is 63.9 Å². The van der Waals surface area contributed by atoms with E-state index in [-0.39, 0.29) is 37.2 Å². The van der Waals surface area contributed by atoms with Crippen LogP contribution in [0.15, 0.2) is 47.4 Å². The predicted molar refractivity (Wildman–Crippen MR) is 162 cm³/mol. The SMILES string of the molecule is Cc1cc(F)c(CNC(=O)c2cn3c(c(O)c2=O)C(=O)N2C[C@@H]3[C@]3(CC[C@@H]2C)CC(=O)N(Cc2nc4ccccc4s2)O3)c(F)c1. The lowest BCUT2D eigenvalue weighted by Gasteiger charge is -2.42. The Morgan fingerprint density at radius 2 is 1.93 bits per heavy atom. The number of carbonyl (C=O) groups is 3. The molecule has 4 aromatic rings. The van der Waals surface area contributed by atoms with Crippen LogP contribution in [-0.4, -0.2) is 60.5 Å². The Morgan fingerprint density at radius 1 is 1.20 bits per heavy atom. The van der Waals surface area contributed by atoms with Crippen LogP contribution in [0, 0.1) is 18.6 Å². The summed E-state index contributed by atoms with van der Waals surface area (Å²) in [5.41, 5.74) is -2.35. The molecular formula is C32H29F2N5O6S. The van der Waals surface area contributed by atoms with E-state index < -0.39 is 63.9 Å². The molecule has 2 saturated heterocycles. The molecule has 0 unspecified atom stereocenters. The molecule has 238 valence electrons. The summed E-state index contributed by atoms with van der Waals surface area (Å²) < 4.78 is 31.2. The van der Waals surface area contributed by atoms with Crippen molar-refractivity contribution in [2.24, 2.45) is 0 Å². The van der Waals surface area contributed by atoms with Crippen molar-refractivity contribution in [3.63, 3.8) is 0 Å². The van der Waals surface area contributed by atoms with Gasteiger partial charge in [0.25, 0.3) is 11.8 Å². The molecule has 2 fully saturated rings. The van der Waals surface area contributed by atoms with E-state index in [0.717, 1.165) is 28.5 Å². The molecule has 1 spiro atoms. The van der Waals surface area contributed by atoms with Gasteiger partial charge in [-0.05, 0) is 56.5 Å². The third kappa shape index (κ3) is 4.83. The molecule has 46 heavy (non-hydrogen) atoms. The molecule has 2 aromatic heterocycles. The zero-order valence-electron chi connectivity index (χ0n) is 24.9. The molecular weight excluding hydrogens is 620 g/mol.